The standard InChI is InChI=1S/C12H14BrF3N2/c13-9-2-1-8(11(17)5-9)6-18(10-3-4-10)7-12(14,15)16/h1-2,5,10H,3-4,6-7,17H2. The summed E-state index contributed by atoms with van der Waals surface area (Å²) < 4.78 is 38.3. The number of nitrogen functional groups attached to an aromatic ring is 1. The minimum Gasteiger partial charge on any atom is -0.398 e. The van der Waals surface area contributed by atoms with Crippen molar-refractivity contribution in [3.8, 4) is 0 Å². The van der Waals surface area contributed by atoms with Gasteiger partial charge in [0.25, 0.3) is 0 Å². The second kappa shape index (κ2) is 5.09. The molecule has 0 unspecified atom stereocenters. The average Bonchev–Trinajstić information content (AvgIpc) is 3.02. The van der Waals surface area contributed by atoms with Gasteiger partial charge in [-0.25, -0.2) is 0 Å². The van der Waals surface area contributed by atoms with E-state index in [1.807, 2.05) is 0 Å². The first-order chi connectivity index (χ1) is 8.35. The molecule has 0 spiro atoms. The highest BCUT2D eigenvalue weighted by atomic mass is 79.9. The number of halogens is 4. The van der Waals surface area contributed by atoms with E-state index in [-0.39, 0.29) is 12.6 Å². The molecule has 1 aliphatic rings. The Hall–Kier alpha value is -0.750. The maximum absolute atomic E-state index is 12.5. The maximum atomic E-state index is 12.5. The van der Waals surface area contributed by atoms with E-state index >= 15 is 0 Å². The van der Waals surface area contributed by atoms with E-state index in [1.165, 1.54) is 4.90 Å². The zero-order valence-electron chi connectivity index (χ0n) is 9.67. The van der Waals surface area contributed by atoms with Crippen LogP contribution in [0.3, 0.4) is 0 Å². The van der Waals surface area contributed by atoms with Gasteiger partial charge in [-0.15, -0.1) is 0 Å². The molecule has 1 aromatic rings. The van der Waals surface area contributed by atoms with Gasteiger partial charge in [0.2, 0.25) is 0 Å². The van der Waals surface area contributed by atoms with Crippen LogP contribution in [0.1, 0.15) is 18.4 Å². The van der Waals surface area contributed by atoms with E-state index in [9.17, 15) is 13.2 Å². The zero-order chi connectivity index (χ0) is 13.3. The van der Waals surface area contributed by atoms with E-state index in [2.05, 4.69) is 15.9 Å². The summed E-state index contributed by atoms with van der Waals surface area (Å²) in [6.45, 7) is -0.615. The third-order valence-electron chi connectivity index (χ3n) is 2.93. The van der Waals surface area contributed by atoms with Crippen LogP contribution in [0.25, 0.3) is 0 Å². The smallest absolute Gasteiger partial charge is 0.398 e. The summed E-state index contributed by atoms with van der Waals surface area (Å²) in [5.74, 6) is 0. The van der Waals surface area contributed by atoms with E-state index in [4.69, 9.17) is 5.73 Å². The molecule has 0 bridgehead atoms. The number of anilines is 1. The first-order valence-corrected chi connectivity index (χ1v) is 6.49. The van der Waals surface area contributed by atoms with Gasteiger partial charge in [-0.3, -0.25) is 4.90 Å². The first kappa shape index (κ1) is 13.7. The normalized spacial score (nSPS) is 16.3. The van der Waals surface area contributed by atoms with E-state index in [0.717, 1.165) is 22.9 Å². The van der Waals surface area contributed by atoms with Crippen LogP contribution in [0, 0.1) is 0 Å². The molecule has 0 amide bonds. The van der Waals surface area contributed by atoms with Crippen molar-refractivity contribution in [2.45, 2.75) is 31.6 Å². The van der Waals surface area contributed by atoms with E-state index < -0.39 is 12.7 Å². The number of hydrogen-bond acceptors (Lipinski definition) is 2. The first-order valence-electron chi connectivity index (χ1n) is 5.70. The second-order valence-corrected chi connectivity index (χ2v) is 5.51. The molecule has 0 saturated heterocycles. The van der Waals surface area contributed by atoms with Crippen LogP contribution in [0.15, 0.2) is 22.7 Å². The maximum Gasteiger partial charge on any atom is 0.401 e. The zero-order valence-corrected chi connectivity index (χ0v) is 11.3. The minimum atomic E-state index is -4.16. The largest absolute Gasteiger partial charge is 0.401 e. The molecular weight excluding hydrogens is 309 g/mol. The summed E-state index contributed by atoms with van der Waals surface area (Å²) in [5, 5.41) is 0. The molecule has 18 heavy (non-hydrogen) atoms. The minimum absolute atomic E-state index is 0.0506. The van der Waals surface area contributed by atoms with Crippen molar-refractivity contribution in [2.75, 3.05) is 12.3 Å². The quantitative estimate of drug-likeness (QED) is 0.859. The van der Waals surface area contributed by atoms with Crippen LogP contribution >= 0.6 is 15.9 Å². The van der Waals surface area contributed by atoms with Gasteiger partial charge in [-0.05, 0) is 30.5 Å². The van der Waals surface area contributed by atoms with Crippen LogP contribution in [-0.4, -0.2) is 23.7 Å². The highest BCUT2D eigenvalue weighted by Gasteiger charge is 2.38. The number of hydrogen-bond donors (Lipinski definition) is 1. The van der Waals surface area contributed by atoms with E-state index in [0.29, 0.717) is 5.69 Å². The van der Waals surface area contributed by atoms with Gasteiger partial charge in [0.05, 0.1) is 6.54 Å². The Balaban J connectivity index is 2.08. The summed E-state index contributed by atoms with van der Waals surface area (Å²) in [7, 11) is 0. The van der Waals surface area contributed by atoms with Gasteiger partial charge < -0.3 is 5.73 Å². The Morgan fingerprint density at radius 3 is 2.50 bits per heavy atom. The Morgan fingerprint density at radius 1 is 1.33 bits per heavy atom. The molecule has 100 valence electrons. The van der Waals surface area contributed by atoms with Gasteiger partial charge >= 0.3 is 6.18 Å². The molecule has 6 heteroatoms. The molecule has 2 rings (SSSR count). The Bertz CT molecular complexity index is 430. The third kappa shape index (κ3) is 3.88. The van der Waals surface area contributed by atoms with Gasteiger partial charge in [-0.2, -0.15) is 13.2 Å². The Kier molecular flexibility index (Phi) is 3.87. The number of alkyl halides is 3. The second-order valence-electron chi connectivity index (χ2n) is 4.59. The van der Waals surface area contributed by atoms with Crippen molar-refractivity contribution in [1.29, 1.82) is 0 Å². The third-order valence-corrected chi connectivity index (χ3v) is 3.42. The molecule has 1 aromatic carbocycles. The molecule has 1 fully saturated rings. The fourth-order valence-corrected chi connectivity index (χ4v) is 2.29. The van der Waals surface area contributed by atoms with Gasteiger partial charge in [0.15, 0.2) is 0 Å². The Labute approximate surface area is 112 Å². The average molecular weight is 323 g/mol. The molecule has 0 radical (unpaired) electrons. The molecule has 0 heterocycles. The summed E-state index contributed by atoms with van der Waals surface area (Å²) in [6.07, 6.45) is -2.48. The summed E-state index contributed by atoms with van der Waals surface area (Å²) >= 11 is 3.28. The lowest BCUT2D eigenvalue weighted by Gasteiger charge is -2.24. The van der Waals surface area contributed by atoms with Crippen LogP contribution in [0.2, 0.25) is 0 Å². The molecule has 0 aliphatic heterocycles. The molecular formula is C12H14BrF3N2. The van der Waals surface area contributed by atoms with Crippen molar-refractivity contribution < 1.29 is 13.2 Å². The number of benzene rings is 1. The van der Waals surface area contributed by atoms with E-state index in [1.54, 1.807) is 18.2 Å². The summed E-state index contributed by atoms with van der Waals surface area (Å²) in [4.78, 5) is 1.46. The highest BCUT2D eigenvalue weighted by molar-refractivity contribution is 9.10. The van der Waals surface area contributed by atoms with Crippen LogP contribution in [-0.2, 0) is 6.54 Å². The molecule has 0 atom stereocenters. The number of nitrogens with zero attached hydrogens (tertiary/aromatic N) is 1. The predicted octanol–water partition coefficient (Wildman–Crippen LogP) is 3.56. The van der Waals surface area contributed by atoms with Crippen LogP contribution in [0.5, 0.6) is 0 Å². The van der Waals surface area contributed by atoms with Crippen molar-refractivity contribution >= 4 is 21.6 Å². The Morgan fingerprint density at radius 2 is 2.00 bits per heavy atom. The van der Waals surface area contributed by atoms with Crippen molar-refractivity contribution in [1.82, 2.24) is 4.90 Å². The monoisotopic (exact) mass is 322 g/mol. The van der Waals surface area contributed by atoms with Gasteiger partial charge in [0.1, 0.15) is 0 Å². The predicted molar refractivity (Wildman–Crippen MR) is 68.0 cm³/mol. The lowest BCUT2D eigenvalue weighted by atomic mass is 10.1. The van der Waals surface area contributed by atoms with Crippen molar-refractivity contribution in [2.24, 2.45) is 0 Å². The SMILES string of the molecule is Nc1cc(Br)ccc1CN(CC(F)(F)F)C1CC1. The van der Waals surface area contributed by atoms with Crippen molar-refractivity contribution in [3.05, 3.63) is 28.2 Å². The summed E-state index contributed by atoms with van der Waals surface area (Å²) in [6, 6.07) is 5.33. The topological polar surface area (TPSA) is 29.3 Å². The molecule has 1 saturated carbocycles. The van der Waals surface area contributed by atoms with Crippen LogP contribution < -0.4 is 5.73 Å². The summed E-state index contributed by atoms with van der Waals surface area (Å²) in [5.41, 5.74) is 7.09. The fourth-order valence-electron chi connectivity index (χ4n) is 1.91. The fraction of sp³-hybridized carbons (Fsp3) is 0.500. The number of rotatable bonds is 4. The molecule has 1 aliphatic carbocycles. The lowest BCUT2D eigenvalue weighted by Crippen LogP contribution is -2.35. The molecule has 2 nitrogen and oxygen atoms in total. The highest BCUT2D eigenvalue weighted by Crippen LogP contribution is 2.32. The van der Waals surface area contributed by atoms with Crippen LogP contribution in [0.4, 0.5) is 18.9 Å². The lowest BCUT2D eigenvalue weighted by molar-refractivity contribution is -0.148. The van der Waals surface area contributed by atoms with Gasteiger partial charge in [-0.1, -0.05) is 22.0 Å². The van der Waals surface area contributed by atoms with Gasteiger partial charge in [0, 0.05) is 22.7 Å². The molecule has 2 N–H and O–H groups in total. The molecule has 0 aromatic heterocycles. The van der Waals surface area contributed by atoms with Crippen molar-refractivity contribution in [3.63, 3.8) is 0 Å². The number of nitrogens with two attached hydrogens (primary N) is 1.